The Balaban J connectivity index is 1.66. The van der Waals surface area contributed by atoms with Gasteiger partial charge < -0.3 is 10.2 Å². The first-order valence-electron chi connectivity index (χ1n) is 11.6. The summed E-state index contributed by atoms with van der Waals surface area (Å²) < 4.78 is 40.2. The number of piperidine rings is 1. The molecular formula is C26H31F3N4. The number of hydrogen-bond acceptors (Lipinski definition) is 4. The fraction of sp³-hybridized carbons (Fsp3) is 0.462. The zero-order valence-corrected chi connectivity index (χ0v) is 19.6. The van der Waals surface area contributed by atoms with Gasteiger partial charge in [-0.05, 0) is 68.9 Å². The van der Waals surface area contributed by atoms with Crippen LogP contribution in [0.5, 0.6) is 0 Å². The van der Waals surface area contributed by atoms with E-state index in [-0.39, 0.29) is 11.6 Å². The Morgan fingerprint density at radius 2 is 1.79 bits per heavy atom. The highest BCUT2D eigenvalue weighted by atomic mass is 19.4. The maximum atomic E-state index is 13.4. The summed E-state index contributed by atoms with van der Waals surface area (Å²) in [5.41, 5.74) is 2.20. The summed E-state index contributed by atoms with van der Waals surface area (Å²) in [6.07, 6.45) is -0.768. The molecule has 1 N–H and O–H groups in total. The predicted octanol–water partition coefficient (Wildman–Crippen LogP) is 7.06. The Morgan fingerprint density at radius 1 is 1.06 bits per heavy atom. The molecule has 4 rings (SSSR count). The van der Waals surface area contributed by atoms with Gasteiger partial charge in [-0.3, -0.25) is 0 Å². The summed E-state index contributed by atoms with van der Waals surface area (Å²) in [4.78, 5) is 2.41. The third kappa shape index (κ3) is 4.77. The molecular weight excluding hydrogens is 425 g/mol. The average molecular weight is 457 g/mol. The number of nitrogens with zero attached hydrogens (tertiary/aromatic N) is 3. The number of alkyl halides is 3. The van der Waals surface area contributed by atoms with Crippen molar-refractivity contribution in [1.29, 1.82) is 0 Å². The molecule has 1 atom stereocenters. The van der Waals surface area contributed by atoms with E-state index in [0.717, 1.165) is 47.2 Å². The highest BCUT2D eigenvalue weighted by molar-refractivity contribution is 5.95. The predicted molar refractivity (Wildman–Crippen MR) is 128 cm³/mol. The lowest BCUT2D eigenvalue weighted by Gasteiger charge is -2.33. The first kappa shape index (κ1) is 23.3. The van der Waals surface area contributed by atoms with E-state index < -0.39 is 11.7 Å². The van der Waals surface area contributed by atoms with Crippen LogP contribution in [0.25, 0.3) is 10.8 Å². The van der Waals surface area contributed by atoms with Crippen LogP contribution in [0.2, 0.25) is 0 Å². The SMILES string of the molecule is CCC1CCN(c2ccc3c(C)nnc(N[C@H](C)c4cccc(C(F)(F)F)c4C)c3c2)CC1. The van der Waals surface area contributed by atoms with Crippen LogP contribution in [0, 0.1) is 19.8 Å². The van der Waals surface area contributed by atoms with Gasteiger partial charge in [0.05, 0.1) is 17.3 Å². The molecule has 1 saturated heterocycles. The third-order valence-corrected chi connectivity index (χ3v) is 7.01. The number of benzene rings is 2. The van der Waals surface area contributed by atoms with Crippen molar-refractivity contribution in [1.82, 2.24) is 10.2 Å². The molecule has 2 aromatic carbocycles. The highest BCUT2D eigenvalue weighted by Crippen LogP contribution is 2.36. The molecule has 0 unspecified atom stereocenters. The van der Waals surface area contributed by atoms with E-state index in [9.17, 15) is 13.2 Å². The first-order valence-corrected chi connectivity index (χ1v) is 11.6. The lowest BCUT2D eigenvalue weighted by atomic mass is 9.94. The molecule has 0 saturated carbocycles. The van der Waals surface area contributed by atoms with Crippen LogP contribution in [0.4, 0.5) is 24.7 Å². The van der Waals surface area contributed by atoms with E-state index in [1.807, 2.05) is 13.8 Å². The Morgan fingerprint density at radius 3 is 2.45 bits per heavy atom. The van der Waals surface area contributed by atoms with Gasteiger partial charge in [-0.15, -0.1) is 5.10 Å². The van der Waals surface area contributed by atoms with Gasteiger partial charge in [-0.1, -0.05) is 31.5 Å². The Labute approximate surface area is 193 Å². The molecule has 7 heteroatoms. The largest absolute Gasteiger partial charge is 0.416 e. The molecule has 1 fully saturated rings. The molecule has 1 aliphatic rings. The zero-order valence-electron chi connectivity index (χ0n) is 19.6. The number of fused-ring (bicyclic) bond motifs is 1. The van der Waals surface area contributed by atoms with Crippen LogP contribution in [0.1, 0.15) is 61.5 Å². The summed E-state index contributed by atoms with van der Waals surface area (Å²) in [7, 11) is 0. The van der Waals surface area contributed by atoms with Gasteiger partial charge in [0.15, 0.2) is 5.82 Å². The van der Waals surface area contributed by atoms with Crippen molar-refractivity contribution in [3.8, 4) is 0 Å². The number of hydrogen-bond donors (Lipinski definition) is 1. The monoisotopic (exact) mass is 456 g/mol. The lowest BCUT2D eigenvalue weighted by Crippen LogP contribution is -2.33. The summed E-state index contributed by atoms with van der Waals surface area (Å²) in [5.74, 6) is 1.38. The minimum absolute atomic E-state index is 0.230. The van der Waals surface area contributed by atoms with Crippen LogP contribution in [-0.4, -0.2) is 23.3 Å². The standard InChI is InChI=1S/C26H31F3N4/c1-5-19-11-13-33(14-12-19)20-9-10-22-18(4)31-32-25(23(22)15-20)30-17(3)21-7-6-8-24(16(21)2)26(27,28)29/h6-10,15,17,19H,5,11-14H2,1-4H3,(H,30,32)/t17-/m1/s1. The molecule has 2 heterocycles. The minimum atomic E-state index is -4.38. The second kappa shape index (κ2) is 9.20. The highest BCUT2D eigenvalue weighted by Gasteiger charge is 2.33. The Bertz CT molecular complexity index is 1130. The number of aryl methyl sites for hydroxylation is 1. The van der Waals surface area contributed by atoms with Gasteiger partial charge in [-0.2, -0.15) is 18.3 Å². The Kier molecular flexibility index (Phi) is 6.50. The molecule has 0 spiro atoms. The average Bonchev–Trinajstić information content (AvgIpc) is 2.80. The van der Waals surface area contributed by atoms with Gasteiger partial charge >= 0.3 is 6.18 Å². The molecule has 1 aliphatic heterocycles. The zero-order chi connectivity index (χ0) is 23.8. The van der Waals surface area contributed by atoms with Crippen LogP contribution < -0.4 is 10.2 Å². The number of nitrogens with one attached hydrogen (secondary N) is 1. The Hall–Kier alpha value is -2.83. The van der Waals surface area contributed by atoms with Crippen molar-refractivity contribution in [3.05, 3.63) is 58.8 Å². The van der Waals surface area contributed by atoms with Gasteiger partial charge in [0.1, 0.15) is 0 Å². The van der Waals surface area contributed by atoms with Crippen molar-refractivity contribution in [2.75, 3.05) is 23.3 Å². The quantitative estimate of drug-likeness (QED) is 0.446. The third-order valence-electron chi connectivity index (χ3n) is 7.01. The summed E-state index contributed by atoms with van der Waals surface area (Å²) in [6.45, 7) is 9.62. The number of rotatable bonds is 5. The molecule has 1 aromatic heterocycles. The molecule has 0 amide bonds. The molecule has 0 bridgehead atoms. The maximum Gasteiger partial charge on any atom is 0.416 e. The molecule has 0 aliphatic carbocycles. The number of aromatic nitrogens is 2. The molecule has 4 nitrogen and oxygen atoms in total. The van der Waals surface area contributed by atoms with Gasteiger partial charge in [-0.25, -0.2) is 0 Å². The van der Waals surface area contributed by atoms with Gasteiger partial charge in [0.2, 0.25) is 0 Å². The van der Waals surface area contributed by atoms with Crippen LogP contribution in [0.15, 0.2) is 36.4 Å². The summed E-state index contributed by atoms with van der Waals surface area (Å²) >= 11 is 0. The van der Waals surface area contributed by atoms with Crippen molar-refractivity contribution in [2.45, 2.75) is 59.2 Å². The van der Waals surface area contributed by atoms with E-state index >= 15 is 0 Å². The molecule has 33 heavy (non-hydrogen) atoms. The normalized spacial score (nSPS) is 16.3. The van der Waals surface area contributed by atoms with E-state index in [2.05, 4.69) is 45.5 Å². The van der Waals surface area contributed by atoms with Gasteiger partial charge in [0, 0.05) is 29.5 Å². The first-order chi connectivity index (χ1) is 15.7. The lowest BCUT2D eigenvalue weighted by molar-refractivity contribution is -0.138. The number of halogens is 3. The topological polar surface area (TPSA) is 41.1 Å². The second-order valence-corrected chi connectivity index (χ2v) is 9.09. The van der Waals surface area contributed by atoms with Crippen molar-refractivity contribution in [2.24, 2.45) is 5.92 Å². The summed E-state index contributed by atoms with van der Waals surface area (Å²) in [5, 5.41) is 13.9. The molecule has 176 valence electrons. The van der Waals surface area contributed by atoms with Crippen LogP contribution >= 0.6 is 0 Å². The van der Waals surface area contributed by atoms with E-state index in [0.29, 0.717) is 11.4 Å². The van der Waals surface area contributed by atoms with Crippen molar-refractivity contribution in [3.63, 3.8) is 0 Å². The summed E-state index contributed by atoms with van der Waals surface area (Å²) in [6, 6.07) is 10.3. The van der Waals surface area contributed by atoms with Crippen LogP contribution in [0.3, 0.4) is 0 Å². The van der Waals surface area contributed by atoms with Crippen LogP contribution in [-0.2, 0) is 6.18 Å². The number of anilines is 2. The minimum Gasteiger partial charge on any atom is -0.371 e. The smallest absolute Gasteiger partial charge is 0.371 e. The maximum absolute atomic E-state index is 13.4. The van der Waals surface area contributed by atoms with Crippen molar-refractivity contribution >= 4 is 22.3 Å². The van der Waals surface area contributed by atoms with E-state index in [1.54, 1.807) is 6.07 Å². The van der Waals surface area contributed by atoms with E-state index in [4.69, 9.17) is 0 Å². The van der Waals surface area contributed by atoms with Gasteiger partial charge in [0.25, 0.3) is 0 Å². The molecule has 0 radical (unpaired) electrons. The van der Waals surface area contributed by atoms with E-state index in [1.165, 1.54) is 32.3 Å². The van der Waals surface area contributed by atoms with Crippen molar-refractivity contribution < 1.29 is 13.2 Å². The fourth-order valence-electron chi connectivity index (χ4n) is 4.89. The second-order valence-electron chi connectivity index (χ2n) is 9.09. The fourth-order valence-corrected chi connectivity index (χ4v) is 4.89. The molecule has 3 aromatic rings.